The second-order valence-electron chi connectivity index (χ2n) is 6.16. The molecule has 8 heteroatoms. The summed E-state index contributed by atoms with van der Waals surface area (Å²) < 4.78 is 41.3. The number of aromatic nitrogens is 3. The van der Waals surface area contributed by atoms with Crippen molar-refractivity contribution in [3.63, 3.8) is 0 Å². The summed E-state index contributed by atoms with van der Waals surface area (Å²) in [6.45, 7) is 1.78. The maximum atomic E-state index is 13.6. The Morgan fingerprint density at radius 2 is 1.96 bits per heavy atom. The predicted octanol–water partition coefficient (Wildman–Crippen LogP) is 4.05. The van der Waals surface area contributed by atoms with Crippen LogP contribution in [0.1, 0.15) is 34.7 Å². The average Bonchev–Trinajstić information content (AvgIpc) is 2.94. The zero-order valence-electron chi connectivity index (χ0n) is 13.4. The van der Waals surface area contributed by atoms with Crippen LogP contribution in [0.2, 0.25) is 0 Å². The number of aryl methyl sites for hydroxylation is 3. The molecule has 0 bridgehead atoms. The van der Waals surface area contributed by atoms with Gasteiger partial charge in [-0.15, -0.1) is 11.3 Å². The van der Waals surface area contributed by atoms with Gasteiger partial charge in [0.25, 0.3) is 5.56 Å². The number of fused-ring (bicyclic) bond motifs is 3. The highest BCUT2D eigenvalue weighted by Crippen LogP contribution is 2.36. The summed E-state index contributed by atoms with van der Waals surface area (Å²) >= 11 is 1.21. The van der Waals surface area contributed by atoms with Crippen LogP contribution >= 0.6 is 11.3 Å². The number of hydrogen-bond acceptors (Lipinski definition) is 4. The van der Waals surface area contributed by atoms with Crippen LogP contribution in [0.4, 0.5) is 13.2 Å². The quantitative estimate of drug-likeness (QED) is 0.654. The molecule has 0 unspecified atom stereocenters. The van der Waals surface area contributed by atoms with Crippen molar-refractivity contribution < 1.29 is 13.2 Å². The fourth-order valence-electron chi connectivity index (χ4n) is 3.20. The minimum absolute atomic E-state index is 0.0620. The maximum Gasteiger partial charge on any atom is 0.450 e. The summed E-state index contributed by atoms with van der Waals surface area (Å²) in [6, 6.07) is 3.04. The van der Waals surface area contributed by atoms with Gasteiger partial charge in [0.15, 0.2) is 0 Å². The van der Waals surface area contributed by atoms with Gasteiger partial charge in [0.2, 0.25) is 5.82 Å². The lowest BCUT2D eigenvalue weighted by atomic mass is 9.97. The third kappa shape index (κ3) is 2.64. The number of hydrogen-bond donors (Lipinski definition) is 0. The van der Waals surface area contributed by atoms with Crippen molar-refractivity contribution >= 4 is 21.6 Å². The first kappa shape index (κ1) is 16.3. The lowest BCUT2D eigenvalue weighted by Crippen LogP contribution is -2.29. The van der Waals surface area contributed by atoms with Crippen molar-refractivity contribution in [1.29, 1.82) is 0 Å². The monoisotopic (exact) mass is 365 g/mol. The molecule has 130 valence electrons. The van der Waals surface area contributed by atoms with Gasteiger partial charge in [0.1, 0.15) is 10.6 Å². The summed E-state index contributed by atoms with van der Waals surface area (Å²) in [6.07, 6.45) is 0.111. The Labute approximate surface area is 145 Å². The molecule has 0 radical (unpaired) electrons. The Morgan fingerprint density at radius 1 is 1.20 bits per heavy atom. The molecule has 0 saturated heterocycles. The molecule has 4 rings (SSSR count). The van der Waals surface area contributed by atoms with Crippen LogP contribution in [-0.2, 0) is 19.0 Å². The Hall–Kier alpha value is -2.22. The molecule has 0 N–H and O–H groups in total. The molecule has 0 aliphatic heterocycles. The summed E-state index contributed by atoms with van der Waals surface area (Å²) in [4.78, 5) is 22.0. The molecule has 4 nitrogen and oxygen atoms in total. The highest BCUT2D eigenvalue weighted by molar-refractivity contribution is 7.18. The number of rotatable bonds is 1. The van der Waals surface area contributed by atoms with Crippen LogP contribution in [0.3, 0.4) is 0 Å². The zero-order valence-corrected chi connectivity index (χ0v) is 14.2. The van der Waals surface area contributed by atoms with Gasteiger partial charge in [-0.1, -0.05) is 6.07 Å². The molecule has 25 heavy (non-hydrogen) atoms. The Morgan fingerprint density at radius 3 is 2.64 bits per heavy atom. The van der Waals surface area contributed by atoms with Crippen molar-refractivity contribution in [1.82, 2.24) is 14.5 Å². The topological polar surface area (TPSA) is 47.8 Å². The summed E-state index contributed by atoms with van der Waals surface area (Å²) in [5.41, 5.74) is 0.971. The lowest BCUT2D eigenvalue weighted by Gasteiger charge is -2.15. The standard InChI is InChI=1S/C17H14F3N3OS/c1-9-6-7-12(21-8-9)23-15(24)13-10-4-2-3-5-11(10)25-14(13)22-16(23)17(18,19)20/h6-8H,2-5H2,1H3. The fraction of sp³-hybridized carbons (Fsp3) is 0.353. The SMILES string of the molecule is Cc1ccc(-n2c(C(F)(F)F)nc3sc4c(c3c2=O)CCCC4)nc1. The molecule has 3 aromatic rings. The molecule has 1 aliphatic rings. The van der Waals surface area contributed by atoms with Gasteiger partial charge in [0, 0.05) is 11.1 Å². The normalized spacial score (nSPS) is 14.7. The number of alkyl halides is 3. The van der Waals surface area contributed by atoms with Gasteiger partial charge >= 0.3 is 6.18 Å². The van der Waals surface area contributed by atoms with Gasteiger partial charge in [-0.25, -0.2) is 14.5 Å². The van der Waals surface area contributed by atoms with Crippen LogP contribution in [0.15, 0.2) is 23.1 Å². The summed E-state index contributed by atoms with van der Waals surface area (Å²) in [5.74, 6) is -1.28. The number of pyridine rings is 1. The van der Waals surface area contributed by atoms with Crippen molar-refractivity contribution in [2.24, 2.45) is 0 Å². The second-order valence-corrected chi connectivity index (χ2v) is 7.24. The number of thiophene rings is 1. The fourth-order valence-corrected chi connectivity index (χ4v) is 4.45. The largest absolute Gasteiger partial charge is 0.450 e. The zero-order chi connectivity index (χ0) is 17.8. The number of halogens is 3. The molecular weight excluding hydrogens is 351 g/mol. The van der Waals surface area contributed by atoms with Crippen LogP contribution in [0.25, 0.3) is 16.0 Å². The summed E-state index contributed by atoms with van der Waals surface area (Å²) in [5, 5.41) is 0.315. The van der Waals surface area contributed by atoms with Gasteiger partial charge in [0.05, 0.1) is 5.39 Å². The van der Waals surface area contributed by atoms with E-state index in [2.05, 4.69) is 9.97 Å². The van der Waals surface area contributed by atoms with E-state index >= 15 is 0 Å². The minimum Gasteiger partial charge on any atom is -0.268 e. The molecule has 0 spiro atoms. The molecule has 1 aliphatic carbocycles. The van der Waals surface area contributed by atoms with E-state index in [9.17, 15) is 18.0 Å². The molecule has 0 aromatic carbocycles. The third-order valence-electron chi connectivity index (χ3n) is 4.37. The average molecular weight is 365 g/mol. The van der Waals surface area contributed by atoms with Crippen molar-refractivity contribution in [3.8, 4) is 5.82 Å². The minimum atomic E-state index is -4.75. The molecule has 0 fully saturated rings. The van der Waals surface area contributed by atoms with E-state index in [4.69, 9.17) is 0 Å². The Bertz CT molecular complexity index is 1020. The van der Waals surface area contributed by atoms with E-state index in [1.54, 1.807) is 13.0 Å². The predicted molar refractivity (Wildman–Crippen MR) is 89.4 cm³/mol. The van der Waals surface area contributed by atoms with Crippen LogP contribution in [-0.4, -0.2) is 14.5 Å². The third-order valence-corrected chi connectivity index (χ3v) is 5.55. The van der Waals surface area contributed by atoms with Crippen LogP contribution < -0.4 is 5.56 Å². The highest BCUT2D eigenvalue weighted by Gasteiger charge is 2.39. The molecule has 3 heterocycles. The first-order valence-corrected chi connectivity index (χ1v) is 8.75. The van der Waals surface area contributed by atoms with Gasteiger partial charge < -0.3 is 0 Å². The summed E-state index contributed by atoms with van der Waals surface area (Å²) in [7, 11) is 0. The first-order valence-electron chi connectivity index (χ1n) is 7.94. The van der Waals surface area contributed by atoms with E-state index in [0.717, 1.165) is 35.3 Å². The van der Waals surface area contributed by atoms with Crippen LogP contribution in [0, 0.1) is 6.92 Å². The molecule has 0 atom stereocenters. The smallest absolute Gasteiger partial charge is 0.268 e. The van der Waals surface area contributed by atoms with Gasteiger partial charge in [-0.2, -0.15) is 13.2 Å². The second kappa shape index (κ2) is 5.66. The van der Waals surface area contributed by atoms with Crippen molar-refractivity contribution in [3.05, 3.63) is 50.5 Å². The van der Waals surface area contributed by atoms with E-state index in [1.807, 2.05) is 0 Å². The van der Waals surface area contributed by atoms with Crippen molar-refractivity contribution in [2.45, 2.75) is 38.8 Å². The van der Waals surface area contributed by atoms with E-state index < -0.39 is 17.6 Å². The first-order chi connectivity index (χ1) is 11.9. The van der Waals surface area contributed by atoms with Gasteiger partial charge in [-0.05, 0) is 49.8 Å². The van der Waals surface area contributed by atoms with Gasteiger partial charge in [-0.3, -0.25) is 4.79 Å². The Kier molecular flexibility index (Phi) is 3.68. The molecule has 0 amide bonds. The van der Waals surface area contributed by atoms with Crippen molar-refractivity contribution in [2.75, 3.05) is 0 Å². The highest BCUT2D eigenvalue weighted by atomic mass is 32.1. The van der Waals surface area contributed by atoms with E-state index in [1.165, 1.54) is 23.6 Å². The molecule has 3 aromatic heterocycles. The molecular formula is C17H14F3N3OS. The van der Waals surface area contributed by atoms with Crippen LogP contribution in [0.5, 0.6) is 0 Å². The molecule has 0 saturated carbocycles. The number of nitrogens with zero attached hydrogens (tertiary/aromatic N) is 3. The van der Waals surface area contributed by atoms with E-state index in [-0.39, 0.29) is 10.6 Å². The maximum absolute atomic E-state index is 13.6. The Balaban J connectivity index is 2.09. The lowest BCUT2D eigenvalue weighted by molar-refractivity contribution is -0.146. The van der Waals surface area contributed by atoms with E-state index in [0.29, 0.717) is 16.4 Å².